The largest absolute Gasteiger partial charge is 0.365 e. The van der Waals surface area contributed by atoms with E-state index in [9.17, 15) is 9.59 Å². The molecule has 0 aliphatic heterocycles. The van der Waals surface area contributed by atoms with E-state index in [2.05, 4.69) is 4.98 Å². The van der Waals surface area contributed by atoms with Gasteiger partial charge in [0.25, 0.3) is 11.5 Å². The van der Waals surface area contributed by atoms with Crippen LogP contribution >= 0.6 is 22.6 Å². The number of nitrogens with one attached hydrogen (secondary N) is 1. The highest BCUT2D eigenvalue weighted by Gasteiger charge is 2.05. The maximum Gasteiger partial charge on any atom is 0.260 e. The summed E-state index contributed by atoms with van der Waals surface area (Å²) in [7, 11) is 0. The van der Waals surface area contributed by atoms with Gasteiger partial charge in [-0.15, -0.1) is 0 Å². The molecule has 1 rings (SSSR count). The molecule has 0 spiro atoms. The topological polar surface area (TPSA) is 76.0 Å². The number of pyridine rings is 1. The summed E-state index contributed by atoms with van der Waals surface area (Å²) in [5.41, 5.74) is 4.47. The Kier molecular flexibility index (Phi) is 2.28. The minimum absolute atomic E-state index is 0.00287. The summed E-state index contributed by atoms with van der Waals surface area (Å²) in [5, 5.41) is 0. The van der Waals surface area contributed by atoms with E-state index in [0.29, 0.717) is 0 Å². The summed E-state index contributed by atoms with van der Waals surface area (Å²) in [5.74, 6) is -0.704. The average molecular weight is 264 g/mol. The van der Waals surface area contributed by atoms with Crippen LogP contribution in [0.5, 0.6) is 0 Å². The Bertz CT molecular complexity index is 345. The first kappa shape index (κ1) is 8.25. The third-order valence-electron chi connectivity index (χ3n) is 1.13. The van der Waals surface area contributed by atoms with E-state index in [0.717, 1.165) is 3.57 Å². The van der Waals surface area contributed by atoms with Gasteiger partial charge in [-0.1, -0.05) is 0 Å². The number of aromatic amines is 1. The fourth-order valence-corrected chi connectivity index (χ4v) is 1.11. The summed E-state index contributed by atoms with van der Waals surface area (Å²) < 4.78 is 0.774. The molecule has 11 heavy (non-hydrogen) atoms. The molecule has 5 heteroatoms. The first-order chi connectivity index (χ1) is 5.11. The molecule has 1 aromatic heterocycles. The molecule has 0 saturated heterocycles. The van der Waals surface area contributed by atoms with Crippen molar-refractivity contribution in [3.05, 3.63) is 31.8 Å². The first-order valence-corrected chi connectivity index (χ1v) is 3.87. The Hall–Kier alpha value is -0.850. The van der Waals surface area contributed by atoms with Crippen LogP contribution in [0.1, 0.15) is 10.4 Å². The molecule has 0 atom stereocenters. The molecule has 1 amide bonds. The van der Waals surface area contributed by atoms with Crippen molar-refractivity contribution in [1.82, 2.24) is 4.98 Å². The highest BCUT2D eigenvalue weighted by Crippen LogP contribution is 2.00. The van der Waals surface area contributed by atoms with E-state index < -0.39 is 11.5 Å². The van der Waals surface area contributed by atoms with Gasteiger partial charge in [-0.25, -0.2) is 0 Å². The standard InChI is InChI=1S/C6H5IN2O2/c7-3-1-4(5(8)10)6(11)9-2-3/h1-2H,(H2,8,10)(H,9,11). The van der Waals surface area contributed by atoms with E-state index >= 15 is 0 Å². The van der Waals surface area contributed by atoms with Gasteiger partial charge in [0, 0.05) is 9.77 Å². The number of aromatic nitrogens is 1. The number of carbonyl (C=O) groups excluding carboxylic acids is 1. The molecule has 1 aromatic rings. The molecule has 3 N–H and O–H groups in total. The molecular formula is C6H5IN2O2. The van der Waals surface area contributed by atoms with Crippen molar-refractivity contribution in [3.63, 3.8) is 0 Å². The van der Waals surface area contributed by atoms with Crippen molar-refractivity contribution in [2.45, 2.75) is 0 Å². The second-order valence-electron chi connectivity index (χ2n) is 1.92. The molecule has 0 fully saturated rings. The lowest BCUT2D eigenvalue weighted by molar-refractivity contribution is 0.0999. The van der Waals surface area contributed by atoms with Crippen LogP contribution in [0, 0.1) is 3.57 Å². The predicted octanol–water partition coefficient (Wildman–Crippen LogP) is 0.0784. The predicted molar refractivity (Wildman–Crippen MR) is 48.3 cm³/mol. The van der Waals surface area contributed by atoms with E-state index in [1.165, 1.54) is 12.3 Å². The number of primary amides is 1. The van der Waals surface area contributed by atoms with Crippen molar-refractivity contribution in [2.24, 2.45) is 5.73 Å². The van der Waals surface area contributed by atoms with Crippen LogP contribution in [0.3, 0.4) is 0 Å². The Morgan fingerprint density at radius 2 is 2.27 bits per heavy atom. The number of nitrogens with two attached hydrogens (primary N) is 1. The zero-order chi connectivity index (χ0) is 8.43. The number of halogens is 1. The number of carbonyl (C=O) groups is 1. The molecule has 58 valence electrons. The molecule has 0 bridgehead atoms. The zero-order valence-electron chi connectivity index (χ0n) is 5.43. The first-order valence-electron chi connectivity index (χ1n) is 2.79. The molecule has 4 nitrogen and oxygen atoms in total. The van der Waals surface area contributed by atoms with E-state index in [1.54, 1.807) is 0 Å². The quantitative estimate of drug-likeness (QED) is 0.704. The molecule has 0 aliphatic carbocycles. The van der Waals surface area contributed by atoms with Crippen LogP contribution in [-0.4, -0.2) is 10.9 Å². The van der Waals surface area contributed by atoms with E-state index in [1.807, 2.05) is 22.6 Å². The van der Waals surface area contributed by atoms with Crippen LogP contribution in [0.4, 0.5) is 0 Å². The fraction of sp³-hybridized carbons (Fsp3) is 0. The monoisotopic (exact) mass is 264 g/mol. The second kappa shape index (κ2) is 3.04. The van der Waals surface area contributed by atoms with Crippen LogP contribution in [0.2, 0.25) is 0 Å². The SMILES string of the molecule is NC(=O)c1cc(I)c[nH]c1=O. The molecule has 0 unspecified atom stereocenters. The van der Waals surface area contributed by atoms with Crippen LogP contribution in [-0.2, 0) is 0 Å². The van der Waals surface area contributed by atoms with E-state index in [4.69, 9.17) is 5.73 Å². The van der Waals surface area contributed by atoms with Crippen LogP contribution in [0.25, 0.3) is 0 Å². The third kappa shape index (κ3) is 1.79. The Morgan fingerprint density at radius 1 is 1.64 bits per heavy atom. The maximum atomic E-state index is 10.9. The lowest BCUT2D eigenvalue weighted by atomic mass is 10.3. The number of H-pyrrole nitrogens is 1. The van der Waals surface area contributed by atoms with Crippen molar-refractivity contribution in [1.29, 1.82) is 0 Å². The van der Waals surface area contributed by atoms with Gasteiger partial charge in [-0.3, -0.25) is 9.59 Å². The van der Waals surface area contributed by atoms with Crippen molar-refractivity contribution in [3.8, 4) is 0 Å². The van der Waals surface area contributed by atoms with Gasteiger partial charge in [0.1, 0.15) is 5.56 Å². The highest BCUT2D eigenvalue weighted by molar-refractivity contribution is 14.1. The normalized spacial score (nSPS) is 9.55. The summed E-state index contributed by atoms with van der Waals surface area (Å²) in [4.78, 5) is 23.8. The number of hydrogen-bond acceptors (Lipinski definition) is 2. The minimum Gasteiger partial charge on any atom is -0.365 e. The van der Waals surface area contributed by atoms with Gasteiger partial charge in [0.2, 0.25) is 0 Å². The van der Waals surface area contributed by atoms with Gasteiger partial charge in [-0.05, 0) is 28.7 Å². The smallest absolute Gasteiger partial charge is 0.260 e. The second-order valence-corrected chi connectivity index (χ2v) is 3.17. The highest BCUT2D eigenvalue weighted by atomic mass is 127. The van der Waals surface area contributed by atoms with Gasteiger partial charge < -0.3 is 10.7 Å². The van der Waals surface area contributed by atoms with Crippen molar-refractivity contribution in [2.75, 3.05) is 0 Å². The summed E-state index contributed by atoms with van der Waals surface area (Å²) in [6, 6.07) is 1.45. The van der Waals surface area contributed by atoms with Gasteiger partial charge in [0.05, 0.1) is 0 Å². The lowest BCUT2D eigenvalue weighted by Gasteiger charge is -1.93. The van der Waals surface area contributed by atoms with E-state index in [-0.39, 0.29) is 5.56 Å². The molecule has 1 heterocycles. The molecule has 0 aliphatic rings. The summed E-state index contributed by atoms with van der Waals surface area (Å²) >= 11 is 1.98. The molecular weight excluding hydrogens is 259 g/mol. The third-order valence-corrected chi connectivity index (χ3v) is 1.76. The number of rotatable bonds is 1. The fourth-order valence-electron chi connectivity index (χ4n) is 0.640. The average Bonchev–Trinajstić information content (AvgIpc) is 1.94. The van der Waals surface area contributed by atoms with Crippen molar-refractivity contribution >= 4 is 28.5 Å². The maximum absolute atomic E-state index is 10.9. The summed E-state index contributed by atoms with van der Waals surface area (Å²) in [6.45, 7) is 0. The van der Waals surface area contributed by atoms with Crippen LogP contribution < -0.4 is 11.3 Å². The molecule has 0 aromatic carbocycles. The molecule has 0 radical (unpaired) electrons. The Balaban J connectivity index is 3.35. The van der Waals surface area contributed by atoms with Gasteiger partial charge in [0.15, 0.2) is 0 Å². The lowest BCUT2D eigenvalue weighted by Crippen LogP contribution is -2.23. The van der Waals surface area contributed by atoms with Crippen LogP contribution in [0.15, 0.2) is 17.1 Å². The zero-order valence-corrected chi connectivity index (χ0v) is 7.58. The summed E-state index contributed by atoms with van der Waals surface area (Å²) in [6.07, 6.45) is 1.51. The Morgan fingerprint density at radius 3 is 2.73 bits per heavy atom. The number of hydrogen-bond donors (Lipinski definition) is 2. The minimum atomic E-state index is -0.704. The Labute approximate surface area is 75.9 Å². The number of amides is 1. The van der Waals surface area contributed by atoms with Gasteiger partial charge in [-0.2, -0.15) is 0 Å². The van der Waals surface area contributed by atoms with Gasteiger partial charge >= 0.3 is 0 Å². The molecule has 0 saturated carbocycles. The van der Waals surface area contributed by atoms with Crippen molar-refractivity contribution < 1.29 is 4.79 Å².